The van der Waals surface area contributed by atoms with Gasteiger partial charge in [-0.1, -0.05) is 42.8 Å². The van der Waals surface area contributed by atoms with Crippen molar-refractivity contribution in [2.75, 3.05) is 6.54 Å². The number of hydrogen-bond acceptors (Lipinski definition) is 4. The Balaban J connectivity index is 1.71. The van der Waals surface area contributed by atoms with Crippen LogP contribution in [-0.4, -0.2) is 52.1 Å². The van der Waals surface area contributed by atoms with Gasteiger partial charge in [0.15, 0.2) is 0 Å². The SMILES string of the molecule is CC[C@@H](C)NC(=O)[C@H](C)N(Cc1ccc(Cl)cc1)C(=O)CCN1C(=O)[C@H]2CC=CC[C@H]2C1=O. The van der Waals surface area contributed by atoms with Crippen molar-refractivity contribution in [3.8, 4) is 0 Å². The number of hydrogen-bond donors (Lipinski definition) is 1. The highest BCUT2D eigenvalue weighted by molar-refractivity contribution is 6.30. The van der Waals surface area contributed by atoms with E-state index in [1.54, 1.807) is 19.1 Å². The number of allylic oxidation sites excluding steroid dienone is 2. The van der Waals surface area contributed by atoms with Gasteiger partial charge in [-0.25, -0.2) is 0 Å². The van der Waals surface area contributed by atoms with Gasteiger partial charge in [0, 0.05) is 30.6 Å². The van der Waals surface area contributed by atoms with Crippen molar-refractivity contribution in [1.29, 1.82) is 0 Å². The summed E-state index contributed by atoms with van der Waals surface area (Å²) >= 11 is 5.98. The third-order valence-corrected chi connectivity index (χ3v) is 6.83. The fourth-order valence-electron chi connectivity index (χ4n) is 4.28. The molecule has 1 aromatic carbocycles. The monoisotopic (exact) mass is 473 g/mol. The van der Waals surface area contributed by atoms with Crippen molar-refractivity contribution in [1.82, 2.24) is 15.1 Å². The van der Waals surface area contributed by atoms with Crippen molar-refractivity contribution in [3.63, 3.8) is 0 Å². The number of carbonyl (C=O) groups excluding carboxylic acids is 4. The number of carbonyl (C=O) groups is 4. The Morgan fingerprint density at radius 2 is 1.67 bits per heavy atom. The topological polar surface area (TPSA) is 86.8 Å². The molecule has 7 nitrogen and oxygen atoms in total. The van der Waals surface area contributed by atoms with Crippen LogP contribution in [0.25, 0.3) is 0 Å². The predicted octanol–water partition coefficient (Wildman–Crippen LogP) is 3.31. The Kier molecular flexibility index (Phi) is 8.30. The van der Waals surface area contributed by atoms with Crippen LogP contribution in [0.2, 0.25) is 5.02 Å². The molecule has 1 N–H and O–H groups in total. The van der Waals surface area contributed by atoms with Crippen LogP contribution in [0, 0.1) is 11.8 Å². The molecule has 0 aromatic heterocycles. The highest BCUT2D eigenvalue weighted by atomic mass is 35.5. The summed E-state index contributed by atoms with van der Waals surface area (Å²) in [6, 6.07) is 6.38. The summed E-state index contributed by atoms with van der Waals surface area (Å²) in [7, 11) is 0. The lowest BCUT2D eigenvalue weighted by molar-refractivity contribution is -0.143. The molecule has 4 amide bonds. The van der Waals surface area contributed by atoms with E-state index in [2.05, 4.69) is 5.32 Å². The molecule has 3 rings (SSSR count). The quantitative estimate of drug-likeness (QED) is 0.440. The number of nitrogens with one attached hydrogen (secondary N) is 1. The number of amides is 4. The van der Waals surface area contributed by atoms with E-state index in [1.165, 1.54) is 9.80 Å². The van der Waals surface area contributed by atoms with Crippen LogP contribution in [0.15, 0.2) is 36.4 Å². The highest BCUT2D eigenvalue weighted by Gasteiger charge is 2.47. The molecule has 0 saturated carbocycles. The van der Waals surface area contributed by atoms with Gasteiger partial charge in [0.2, 0.25) is 23.6 Å². The number of benzene rings is 1. The first-order valence-electron chi connectivity index (χ1n) is 11.6. The Morgan fingerprint density at radius 3 is 2.21 bits per heavy atom. The van der Waals surface area contributed by atoms with Gasteiger partial charge in [-0.05, 0) is 50.8 Å². The number of nitrogens with zero attached hydrogens (tertiary/aromatic N) is 2. The van der Waals surface area contributed by atoms with Gasteiger partial charge >= 0.3 is 0 Å². The van der Waals surface area contributed by atoms with E-state index in [0.717, 1.165) is 12.0 Å². The Morgan fingerprint density at radius 1 is 1.09 bits per heavy atom. The predicted molar refractivity (Wildman–Crippen MR) is 126 cm³/mol. The zero-order chi connectivity index (χ0) is 24.1. The normalized spacial score (nSPS) is 21.5. The number of likely N-dealkylation sites (tertiary alicyclic amines) is 1. The van der Waals surface area contributed by atoms with Gasteiger partial charge in [0.05, 0.1) is 11.8 Å². The molecule has 1 fully saturated rings. The zero-order valence-corrected chi connectivity index (χ0v) is 20.2. The molecular weight excluding hydrogens is 442 g/mol. The molecule has 1 saturated heterocycles. The Bertz CT molecular complexity index is 904. The minimum Gasteiger partial charge on any atom is -0.352 e. The summed E-state index contributed by atoms with van der Waals surface area (Å²) in [5.41, 5.74) is 0.835. The maximum atomic E-state index is 13.3. The number of imide groups is 1. The van der Waals surface area contributed by atoms with Crippen LogP contribution in [0.4, 0.5) is 0 Å². The maximum Gasteiger partial charge on any atom is 0.242 e. The zero-order valence-electron chi connectivity index (χ0n) is 19.4. The van der Waals surface area contributed by atoms with Crippen LogP contribution in [0.1, 0.15) is 52.0 Å². The molecule has 0 radical (unpaired) electrons. The molecule has 4 atom stereocenters. The van der Waals surface area contributed by atoms with E-state index in [0.29, 0.717) is 17.9 Å². The smallest absolute Gasteiger partial charge is 0.242 e. The van der Waals surface area contributed by atoms with E-state index >= 15 is 0 Å². The summed E-state index contributed by atoms with van der Waals surface area (Å²) in [4.78, 5) is 54.2. The van der Waals surface area contributed by atoms with Crippen LogP contribution in [-0.2, 0) is 25.7 Å². The van der Waals surface area contributed by atoms with E-state index < -0.39 is 6.04 Å². The number of fused-ring (bicyclic) bond motifs is 1. The number of halogens is 1. The summed E-state index contributed by atoms with van der Waals surface area (Å²) < 4.78 is 0. The summed E-state index contributed by atoms with van der Waals surface area (Å²) in [6.07, 6.45) is 5.75. The minimum atomic E-state index is -0.709. The molecule has 0 unspecified atom stereocenters. The lowest BCUT2D eigenvalue weighted by atomic mass is 9.85. The van der Waals surface area contributed by atoms with E-state index in [9.17, 15) is 19.2 Å². The fraction of sp³-hybridized carbons (Fsp3) is 0.520. The molecule has 1 heterocycles. The second-order valence-corrected chi connectivity index (χ2v) is 9.31. The van der Waals surface area contributed by atoms with Crippen LogP contribution < -0.4 is 5.32 Å². The van der Waals surface area contributed by atoms with Crippen molar-refractivity contribution < 1.29 is 19.2 Å². The largest absolute Gasteiger partial charge is 0.352 e. The molecule has 0 bridgehead atoms. The molecule has 178 valence electrons. The molecule has 2 aliphatic rings. The lowest BCUT2D eigenvalue weighted by Crippen LogP contribution is -2.50. The standard InChI is InChI=1S/C25H32ClN3O4/c1-4-16(2)27-23(31)17(3)29(15-18-9-11-19(26)12-10-18)22(30)13-14-28-24(32)20-7-5-6-8-21(20)25(28)33/h5-6,9-12,16-17,20-21H,4,7-8,13-15H2,1-3H3,(H,27,31)/t16-,17+,20-,21+/m1/s1. The number of rotatable bonds is 9. The van der Waals surface area contributed by atoms with Crippen LogP contribution >= 0.6 is 11.6 Å². The van der Waals surface area contributed by atoms with Gasteiger partial charge in [0.1, 0.15) is 6.04 Å². The van der Waals surface area contributed by atoms with Crippen molar-refractivity contribution in [2.24, 2.45) is 11.8 Å². The molecule has 1 aliphatic carbocycles. The van der Waals surface area contributed by atoms with E-state index in [-0.39, 0.29) is 61.0 Å². The van der Waals surface area contributed by atoms with Crippen molar-refractivity contribution in [2.45, 2.75) is 65.1 Å². The lowest BCUT2D eigenvalue weighted by Gasteiger charge is -2.30. The highest BCUT2D eigenvalue weighted by Crippen LogP contribution is 2.35. The molecular formula is C25H32ClN3O4. The molecule has 1 aliphatic heterocycles. The van der Waals surface area contributed by atoms with Crippen molar-refractivity contribution >= 4 is 35.2 Å². The molecule has 0 spiro atoms. The van der Waals surface area contributed by atoms with Gasteiger partial charge in [-0.15, -0.1) is 0 Å². The van der Waals surface area contributed by atoms with Crippen molar-refractivity contribution in [3.05, 3.63) is 47.0 Å². The summed E-state index contributed by atoms with van der Waals surface area (Å²) in [5.74, 6) is -1.56. The van der Waals surface area contributed by atoms with Gasteiger partial charge in [-0.3, -0.25) is 24.1 Å². The van der Waals surface area contributed by atoms with Crippen LogP contribution in [0.5, 0.6) is 0 Å². The maximum absolute atomic E-state index is 13.3. The first-order chi connectivity index (χ1) is 15.7. The van der Waals surface area contributed by atoms with Gasteiger partial charge < -0.3 is 10.2 Å². The Labute approximate surface area is 200 Å². The third kappa shape index (κ3) is 5.82. The Hall–Kier alpha value is -2.67. The van der Waals surface area contributed by atoms with Crippen LogP contribution in [0.3, 0.4) is 0 Å². The molecule has 33 heavy (non-hydrogen) atoms. The summed E-state index contributed by atoms with van der Waals surface area (Å²) in [6.45, 7) is 5.83. The average Bonchev–Trinajstić information content (AvgIpc) is 3.06. The fourth-order valence-corrected chi connectivity index (χ4v) is 4.40. The van der Waals surface area contributed by atoms with Gasteiger partial charge in [-0.2, -0.15) is 0 Å². The molecule has 1 aromatic rings. The summed E-state index contributed by atoms with van der Waals surface area (Å²) in [5, 5.41) is 3.51. The van der Waals surface area contributed by atoms with E-state index in [1.807, 2.05) is 38.1 Å². The molecule has 8 heteroatoms. The first-order valence-corrected chi connectivity index (χ1v) is 11.9. The average molecular weight is 474 g/mol. The first kappa shape index (κ1) is 25.0. The second-order valence-electron chi connectivity index (χ2n) is 8.88. The van der Waals surface area contributed by atoms with E-state index in [4.69, 9.17) is 11.6 Å². The third-order valence-electron chi connectivity index (χ3n) is 6.58. The minimum absolute atomic E-state index is 0.00997. The van der Waals surface area contributed by atoms with Gasteiger partial charge in [0.25, 0.3) is 0 Å². The second kappa shape index (κ2) is 11.0.